The van der Waals surface area contributed by atoms with Crippen molar-refractivity contribution in [1.29, 1.82) is 0 Å². The highest BCUT2D eigenvalue weighted by Gasteiger charge is 2.11. The Balaban J connectivity index is 1.83. The van der Waals surface area contributed by atoms with Crippen molar-refractivity contribution in [3.05, 3.63) is 54.2 Å². The van der Waals surface area contributed by atoms with Gasteiger partial charge in [-0.3, -0.25) is 4.40 Å². The summed E-state index contributed by atoms with van der Waals surface area (Å²) in [5.74, 6) is 1.64. The molecular weight excluding hydrogens is 284 g/mol. The Morgan fingerprint density at radius 2 is 2.24 bits per heavy atom. The number of rotatable bonds is 3. The molecule has 0 fully saturated rings. The van der Waals surface area contributed by atoms with E-state index in [4.69, 9.17) is 9.40 Å². The first kappa shape index (κ1) is 12.4. The summed E-state index contributed by atoms with van der Waals surface area (Å²) in [6, 6.07) is 10.0. The quantitative estimate of drug-likeness (QED) is 0.542. The third kappa shape index (κ3) is 2.17. The summed E-state index contributed by atoms with van der Waals surface area (Å²) >= 11 is 1.60. The second kappa shape index (κ2) is 4.89. The van der Waals surface area contributed by atoms with Crippen LogP contribution >= 0.6 is 11.8 Å². The number of aryl methyl sites for hydroxylation is 1. The second-order valence-electron chi connectivity index (χ2n) is 4.80. The average Bonchev–Trinajstić information content (AvgIpc) is 3.16. The molecule has 0 saturated heterocycles. The van der Waals surface area contributed by atoms with E-state index in [9.17, 15) is 0 Å². The lowest BCUT2D eigenvalue weighted by Gasteiger charge is -2.06. The molecule has 0 aliphatic heterocycles. The van der Waals surface area contributed by atoms with Gasteiger partial charge in [-0.2, -0.15) is 0 Å². The minimum atomic E-state index is 0.722. The molecule has 0 atom stereocenters. The Morgan fingerprint density at radius 1 is 1.29 bits per heavy atom. The van der Waals surface area contributed by atoms with Crippen molar-refractivity contribution in [2.75, 3.05) is 0 Å². The first-order chi connectivity index (χ1) is 10.3. The normalized spacial score (nSPS) is 11.5. The summed E-state index contributed by atoms with van der Waals surface area (Å²) < 4.78 is 7.35. The topological polar surface area (TPSA) is 56.2 Å². The number of furan rings is 1. The number of benzene rings is 1. The van der Waals surface area contributed by atoms with E-state index in [1.165, 1.54) is 5.56 Å². The zero-order valence-corrected chi connectivity index (χ0v) is 12.2. The van der Waals surface area contributed by atoms with Crippen molar-refractivity contribution in [3.63, 3.8) is 0 Å². The van der Waals surface area contributed by atoms with Gasteiger partial charge in [-0.1, -0.05) is 17.8 Å². The van der Waals surface area contributed by atoms with Crippen LogP contribution in [0.2, 0.25) is 0 Å². The van der Waals surface area contributed by atoms with Crippen LogP contribution in [-0.4, -0.2) is 19.6 Å². The van der Waals surface area contributed by atoms with Crippen LogP contribution in [0.5, 0.6) is 0 Å². The monoisotopic (exact) mass is 296 g/mol. The third-order valence-corrected chi connectivity index (χ3v) is 4.26. The highest BCUT2D eigenvalue weighted by Crippen LogP contribution is 2.27. The molecular formula is C15H12N4OS. The van der Waals surface area contributed by atoms with E-state index in [0.29, 0.717) is 0 Å². The molecule has 5 nitrogen and oxygen atoms in total. The van der Waals surface area contributed by atoms with E-state index in [0.717, 1.165) is 33.2 Å². The summed E-state index contributed by atoms with van der Waals surface area (Å²) in [5, 5.41) is 9.08. The molecule has 0 bridgehead atoms. The number of hydrogen-bond acceptors (Lipinski definition) is 5. The van der Waals surface area contributed by atoms with Gasteiger partial charge in [0.2, 0.25) is 0 Å². The van der Waals surface area contributed by atoms with Crippen LogP contribution in [0, 0.1) is 6.92 Å². The van der Waals surface area contributed by atoms with Crippen molar-refractivity contribution in [2.24, 2.45) is 0 Å². The molecule has 4 rings (SSSR count). The predicted octanol–water partition coefficient (Wildman–Crippen LogP) is 3.47. The zero-order chi connectivity index (χ0) is 14.2. The van der Waals surface area contributed by atoms with Gasteiger partial charge in [-0.25, -0.2) is 4.98 Å². The fraction of sp³-hybridized carbons (Fsp3) is 0.133. The van der Waals surface area contributed by atoms with Crippen LogP contribution in [0.1, 0.15) is 11.3 Å². The Labute approximate surface area is 125 Å². The highest BCUT2D eigenvalue weighted by atomic mass is 32.2. The van der Waals surface area contributed by atoms with Crippen LogP contribution in [-0.2, 0) is 5.75 Å². The third-order valence-electron chi connectivity index (χ3n) is 3.28. The maximum absolute atomic E-state index is 5.36. The smallest absolute Gasteiger partial charge is 0.193 e. The summed E-state index contributed by atoms with van der Waals surface area (Å²) in [7, 11) is 0. The molecule has 0 N–H and O–H groups in total. The Morgan fingerprint density at radius 3 is 3.10 bits per heavy atom. The molecule has 0 aliphatic rings. The van der Waals surface area contributed by atoms with Crippen molar-refractivity contribution in [3.8, 4) is 0 Å². The largest absolute Gasteiger partial charge is 0.468 e. The highest BCUT2D eigenvalue weighted by molar-refractivity contribution is 7.98. The molecule has 1 aromatic carbocycles. The van der Waals surface area contributed by atoms with Crippen LogP contribution < -0.4 is 0 Å². The first-order valence-corrected chi connectivity index (χ1v) is 7.55. The van der Waals surface area contributed by atoms with Gasteiger partial charge in [0.05, 0.1) is 23.0 Å². The van der Waals surface area contributed by atoms with Crippen LogP contribution in [0.15, 0.2) is 52.4 Å². The number of fused-ring (bicyclic) bond motifs is 3. The predicted molar refractivity (Wildman–Crippen MR) is 81.3 cm³/mol. The van der Waals surface area contributed by atoms with E-state index < -0.39 is 0 Å². The zero-order valence-electron chi connectivity index (χ0n) is 11.4. The molecule has 0 saturated carbocycles. The summed E-state index contributed by atoms with van der Waals surface area (Å²) in [5.41, 5.74) is 3.94. The number of nitrogens with zero attached hydrogens (tertiary/aromatic N) is 4. The fourth-order valence-electron chi connectivity index (χ4n) is 2.27. The minimum Gasteiger partial charge on any atom is -0.468 e. The van der Waals surface area contributed by atoms with Crippen LogP contribution in [0.25, 0.3) is 16.7 Å². The molecule has 104 valence electrons. The molecule has 3 aromatic heterocycles. The van der Waals surface area contributed by atoms with Crippen molar-refractivity contribution in [2.45, 2.75) is 17.7 Å². The van der Waals surface area contributed by atoms with Gasteiger partial charge >= 0.3 is 0 Å². The van der Waals surface area contributed by atoms with Gasteiger partial charge in [0.25, 0.3) is 0 Å². The summed E-state index contributed by atoms with van der Waals surface area (Å²) in [6.07, 6.45) is 3.41. The maximum Gasteiger partial charge on any atom is 0.193 e. The summed E-state index contributed by atoms with van der Waals surface area (Å²) in [6.45, 7) is 2.06. The molecule has 21 heavy (non-hydrogen) atoms. The van der Waals surface area contributed by atoms with Crippen molar-refractivity contribution in [1.82, 2.24) is 19.6 Å². The van der Waals surface area contributed by atoms with E-state index >= 15 is 0 Å². The number of thioether (sulfide) groups is 1. The van der Waals surface area contributed by atoms with Gasteiger partial charge in [0.15, 0.2) is 5.65 Å². The molecule has 0 unspecified atom stereocenters. The molecule has 0 spiro atoms. The Kier molecular flexibility index (Phi) is 2.89. The summed E-state index contributed by atoms with van der Waals surface area (Å²) in [4.78, 5) is 4.71. The van der Waals surface area contributed by atoms with Gasteiger partial charge in [0, 0.05) is 0 Å². The van der Waals surface area contributed by atoms with Crippen LogP contribution in [0.3, 0.4) is 0 Å². The lowest BCUT2D eigenvalue weighted by molar-refractivity contribution is 0.530. The number of aromatic nitrogens is 4. The molecule has 4 aromatic rings. The molecule has 0 radical (unpaired) electrons. The molecule has 0 aliphatic carbocycles. The van der Waals surface area contributed by atoms with E-state index in [1.54, 1.807) is 24.4 Å². The standard InChI is InChI=1S/C15H12N4OS/c1-10-4-5-12-13(7-10)19-9-16-18-14(19)15(17-12)21-8-11-3-2-6-20-11/h2-7,9H,8H2,1H3. The van der Waals surface area contributed by atoms with Gasteiger partial charge < -0.3 is 4.42 Å². The molecule has 6 heteroatoms. The first-order valence-electron chi connectivity index (χ1n) is 6.56. The lowest BCUT2D eigenvalue weighted by atomic mass is 10.2. The number of hydrogen-bond donors (Lipinski definition) is 0. The van der Waals surface area contributed by atoms with Crippen molar-refractivity contribution < 1.29 is 4.42 Å². The van der Waals surface area contributed by atoms with Crippen LogP contribution in [0.4, 0.5) is 0 Å². The van der Waals surface area contributed by atoms with Gasteiger partial charge in [-0.15, -0.1) is 10.2 Å². The Bertz CT molecular complexity index is 914. The average molecular weight is 296 g/mol. The van der Waals surface area contributed by atoms with Crippen molar-refractivity contribution >= 4 is 28.4 Å². The Hall–Kier alpha value is -2.34. The lowest BCUT2D eigenvalue weighted by Crippen LogP contribution is -1.95. The van der Waals surface area contributed by atoms with E-state index in [1.807, 2.05) is 22.6 Å². The molecule has 0 amide bonds. The van der Waals surface area contributed by atoms with Gasteiger partial charge in [-0.05, 0) is 36.8 Å². The second-order valence-corrected chi connectivity index (χ2v) is 5.77. The molecule has 3 heterocycles. The maximum atomic E-state index is 5.36. The van der Waals surface area contributed by atoms with Gasteiger partial charge in [0.1, 0.15) is 17.1 Å². The fourth-order valence-corrected chi connectivity index (χ4v) is 3.14. The minimum absolute atomic E-state index is 0.722. The SMILES string of the molecule is Cc1ccc2nc(SCc3ccco3)c3nncn3c2c1. The van der Waals surface area contributed by atoms with E-state index in [-0.39, 0.29) is 0 Å². The van der Waals surface area contributed by atoms with E-state index in [2.05, 4.69) is 29.3 Å².